The molecule has 0 spiro atoms. The quantitative estimate of drug-likeness (QED) is 0.212. The van der Waals surface area contributed by atoms with Crippen molar-refractivity contribution in [2.75, 3.05) is 0 Å². The zero-order chi connectivity index (χ0) is 29.0. The fourth-order valence-corrected chi connectivity index (χ4v) is 6.08. The SMILES string of the molecule is c1ccc(-c2ccc3c(c2)oc2c(-c4nc(-c5ccccc5)nc(-c5cccc6oc7ccccc7c56)n4)cccc23)cc1. The summed E-state index contributed by atoms with van der Waals surface area (Å²) in [4.78, 5) is 15.1. The Balaban J connectivity index is 1.29. The van der Waals surface area contributed by atoms with Crippen LogP contribution >= 0.6 is 0 Å². The van der Waals surface area contributed by atoms with E-state index >= 15 is 0 Å². The van der Waals surface area contributed by atoms with Crippen LogP contribution < -0.4 is 0 Å². The molecule has 0 unspecified atom stereocenters. The molecular weight excluding hydrogens is 542 g/mol. The summed E-state index contributed by atoms with van der Waals surface area (Å²) in [5.74, 6) is 1.71. The fourth-order valence-electron chi connectivity index (χ4n) is 6.08. The van der Waals surface area contributed by atoms with Crippen LogP contribution in [-0.4, -0.2) is 15.0 Å². The van der Waals surface area contributed by atoms with Gasteiger partial charge in [-0.15, -0.1) is 0 Å². The molecule has 5 nitrogen and oxygen atoms in total. The number of hydrogen-bond donors (Lipinski definition) is 0. The molecule has 9 rings (SSSR count). The van der Waals surface area contributed by atoms with Crippen LogP contribution in [0.1, 0.15) is 0 Å². The first kappa shape index (κ1) is 24.5. The normalized spacial score (nSPS) is 11.6. The standard InChI is InChI=1S/C39H23N3O2/c1-3-11-24(12-4-1)26-21-22-27-28-16-9-18-31(36(28)44-34(27)23-26)39-41-37(25-13-5-2-6-14-25)40-38(42-39)30-17-10-20-33-35(30)29-15-7-8-19-32(29)43-33/h1-23H. The van der Waals surface area contributed by atoms with Crippen molar-refractivity contribution in [3.63, 3.8) is 0 Å². The average Bonchev–Trinajstić information content (AvgIpc) is 3.67. The van der Waals surface area contributed by atoms with Crippen molar-refractivity contribution in [1.29, 1.82) is 0 Å². The van der Waals surface area contributed by atoms with E-state index in [1.165, 1.54) is 0 Å². The second-order valence-electron chi connectivity index (χ2n) is 10.8. The Morgan fingerprint density at radius 2 is 1.00 bits per heavy atom. The van der Waals surface area contributed by atoms with Crippen LogP contribution in [0.3, 0.4) is 0 Å². The molecule has 0 fully saturated rings. The summed E-state index contributed by atoms with van der Waals surface area (Å²) < 4.78 is 12.8. The van der Waals surface area contributed by atoms with Gasteiger partial charge in [0, 0.05) is 32.7 Å². The van der Waals surface area contributed by atoms with Crippen molar-refractivity contribution in [2.24, 2.45) is 0 Å². The van der Waals surface area contributed by atoms with E-state index in [9.17, 15) is 0 Å². The van der Waals surface area contributed by atoms with Crippen LogP contribution in [-0.2, 0) is 0 Å². The van der Waals surface area contributed by atoms with Gasteiger partial charge in [0.15, 0.2) is 17.5 Å². The third-order valence-electron chi connectivity index (χ3n) is 8.16. The summed E-state index contributed by atoms with van der Waals surface area (Å²) >= 11 is 0. The van der Waals surface area contributed by atoms with Gasteiger partial charge in [0.2, 0.25) is 0 Å². The van der Waals surface area contributed by atoms with E-state index in [0.717, 1.165) is 71.7 Å². The van der Waals surface area contributed by atoms with Crippen LogP contribution in [0.5, 0.6) is 0 Å². The van der Waals surface area contributed by atoms with Crippen LogP contribution in [0.15, 0.2) is 148 Å². The van der Waals surface area contributed by atoms with Crippen LogP contribution in [0.25, 0.3) is 89.2 Å². The Hall–Kier alpha value is -6.07. The fraction of sp³-hybridized carbons (Fsp3) is 0. The van der Waals surface area contributed by atoms with Gasteiger partial charge in [-0.1, -0.05) is 109 Å². The molecule has 3 aromatic heterocycles. The number of rotatable bonds is 4. The van der Waals surface area contributed by atoms with Crippen LogP contribution in [0.2, 0.25) is 0 Å². The first-order chi connectivity index (χ1) is 21.8. The first-order valence-electron chi connectivity index (χ1n) is 14.5. The molecule has 9 aromatic rings. The molecular formula is C39H23N3O2. The van der Waals surface area contributed by atoms with Gasteiger partial charge in [-0.3, -0.25) is 0 Å². The maximum Gasteiger partial charge on any atom is 0.167 e. The van der Waals surface area contributed by atoms with Gasteiger partial charge >= 0.3 is 0 Å². The number of hydrogen-bond acceptors (Lipinski definition) is 5. The molecule has 6 aromatic carbocycles. The minimum atomic E-state index is 0.548. The van der Waals surface area contributed by atoms with Crippen LogP contribution in [0, 0.1) is 0 Å². The Kier molecular flexibility index (Phi) is 5.43. The molecule has 0 bridgehead atoms. The van der Waals surface area contributed by atoms with Crippen molar-refractivity contribution < 1.29 is 8.83 Å². The summed E-state index contributed by atoms with van der Waals surface area (Å²) in [5, 5.41) is 4.07. The zero-order valence-electron chi connectivity index (χ0n) is 23.4. The molecule has 0 N–H and O–H groups in total. The monoisotopic (exact) mass is 565 g/mol. The van der Waals surface area contributed by atoms with E-state index in [1.807, 2.05) is 97.1 Å². The topological polar surface area (TPSA) is 65.0 Å². The Bertz CT molecular complexity index is 2500. The second kappa shape index (κ2) is 9.75. The van der Waals surface area contributed by atoms with Crippen molar-refractivity contribution >= 4 is 43.9 Å². The highest BCUT2D eigenvalue weighted by Crippen LogP contribution is 2.39. The number of nitrogens with zero attached hydrogens (tertiary/aromatic N) is 3. The van der Waals surface area contributed by atoms with E-state index in [-0.39, 0.29) is 0 Å². The lowest BCUT2D eigenvalue weighted by molar-refractivity contribution is 0.668. The number of benzene rings is 6. The van der Waals surface area contributed by atoms with Crippen molar-refractivity contribution in [3.8, 4) is 45.3 Å². The molecule has 0 amide bonds. The van der Waals surface area contributed by atoms with Gasteiger partial charge in [0.25, 0.3) is 0 Å². The molecule has 44 heavy (non-hydrogen) atoms. The molecule has 0 aliphatic heterocycles. The summed E-state index contributed by atoms with van der Waals surface area (Å²) in [6.07, 6.45) is 0. The molecule has 0 saturated carbocycles. The first-order valence-corrected chi connectivity index (χ1v) is 14.5. The maximum atomic E-state index is 6.59. The van der Waals surface area contributed by atoms with Crippen molar-refractivity contribution in [3.05, 3.63) is 140 Å². The van der Waals surface area contributed by atoms with E-state index in [1.54, 1.807) is 0 Å². The molecule has 3 heterocycles. The van der Waals surface area contributed by atoms with Gasteiger partial charge in [0.1, 0.15) is 22.3 Å². The lowest BCUT2D eigenvalue weighted by Crippen LogP contribution is -2.00. The smallest absolute Gasteiger partial charge is 0.167 e. The van der Waals surface area contributed by atoms with Gasteiger partial charge in [-0.05, 0) is 41.5 Å². The molecule has 5 heteroatoms. The van der Waals surface area contributed by atoms with E-state index in [2.05, 4.69) is 42.5 Å². The molecule has 0 aliphatic carbocycles. The molecule has 0 atom stereocenters. The number of furan rings is 2. The summed E-state index contributed by atoms with van der Waals surface area (Å²) in [5.41, 5.74) is 8.04. The predicted molar refractivity (Wildman–Crippen MR) is 176 cm³/mol. The van der Waals surface area contributed by atoms with E-state index < -0.39 is 0 Å². The predicted octanol–water partition coefficient (Wildman–Crippen LogP) is 10.3. The largest absolute Gasteiger partial charge is 0.456 e. The summed E-state index contributed by atoms with van der Waals surface area (Å²) in [6.45, 7) is 0. The van der Waals surface area contributed by atoms with Gasteiger partial charge < -0.3 is 8.83 Å². The average molecular weight is 566 g/mol. The van der Waals surface area contributed by atoms with Crippen molar-refractivity contribution in [2.45, 2.75) is 0 Å². The molecule has 0 radical (unpaired) electrons. The minimum absolute atomic E-state index is 0.548. The van der Waals surface area contributed by atoms with Crippen LogP contribution in [0.4, 0.5) is 0 Å². The number of para-hydroxylation sites is 2. The summed E-state index contributed by atoms with van der Waals surface area (Å²) in [6, 6.07) is 46.9. The third kappa shape index (κ3) is 3.91. The highest BCUT2D eigenvalue weighted by molar-refractivity contribution is 6.12. The van der Waals surface area contributed by atoms with Crippen molar-refractivity contribution in [1.82, 2.24) is 15.0 Å². The second-order valence-corrected chi connectivity index (χ2v) is 10.8. The Labute approximate surface area is 252 Å². The maximum absolute atomic E-state index is 6.59. The lowest BCUT2D eigenvalue weighted by Gasteiger charge is -2.09. The third-order valence-corrected chi connectivity index (χ3v) is 8.16. The highest BCUT2D eigenvalue weighted by atomic mass is 16.3. The Morgan fingerprint density at radius 3 is 1.84 bits per heavy atom. The number of aromatic nitrogens is 3. The Morgan fingerprint density at radius 1 is 0.364 bits per heavy atom. The highest BCUT2D eigenvalue weighted by Gasteiger charge is 2.20. The number of fused-ring (bicyclic) bond motifs is 6. The lowest BCUT2D eigenvalue weighted by atomic mass is 10.0. The van der Waals surface area contributed by atoms with Gasteiger partial charge in [-0.25, -0.2) is 15.0 Å². The van der Waals surface area contributed by atoms with E-state index in [4.69, 9.17) is 23.8 Å². The molecule has 0 saturated heterocycles. The minimum Gasteiger partial charge on any atom is -0.456 e. The molecule has 0 aliphatic rings. The molecule has 206 valence electrons. The zero-order valence-corrected chi connectivity index (χ0v) is 23.4. The van der Waals surface area contributed by atoms with E-state index in [0.29, 0.717) is 17.5 Å². The van der Waals surface area contributed by atoms with Gasteiger partial charge in [0.05, 0.1) is 5.56 Å². The van der Waals surface area contributed by atoms with Gasteiger partial charge in [-0.2, -0.15) is 0 Å². The summed E-state index contributed by atoms with van der Waals surface area (Å²) in [7, 11) is 0.